The number of hydrogen-bond acceptors (Lipinski definition) is 4. The summed E-state index contributed by atoms with van der Waals surface area (Å²) in [5.74, 6) is -0.186. The first kappa shape index (κ1) is 12.6. The summed E-state index contributed by atoms with van der Waals surface area (Å²) < 4.78 is 1.49. The van der Waals surface area contributed by atoms with Crippen molar-refractivity contribution < 1.29 is 4.79 Å². The molecule has 19 heavy (non-hydrogen) atoms. The monoisotopic (exact) mass is 255 g/mol. The van der Waals surface area contributed by atoms with E-state index in [2.05, 4.69) is 5.10 Å². The van der Waals surface area contributed by atoms with E-state index in [4.69, 9.17) is 11.0 Å². The molecule has 2 rings (SSSR count). The van der Waals surface area contributed by atoms with Crippen molar-refractivity contribution in [1.29, 1.82) is 5.26 Å². The molecule has 6 nitrogen and oxygen atoms in total. The first-order valence-corrected chi connectivity index (χ1v) is 5.61. The number of amides is 1. The third-order valence-electron chi connectivity index (χ3n) is 2.66. The largest absolute Gasteiger partial charge is 0.396 e. The maximum absolute atomic E-state index is 11.8. The zero-order valence-electron chi connectivity index (χ0n) is 10.7. The van der Waals surface area contributed by atoms with Gasteiger partial charge in [0.1, 0.15) is 6.07 Å². The maximum Gasteiger partial charge on any atom is 0.273 e. The zero-order valence-corrected chi connectivity index (χ0v) is 10.7. The van der Waals surface area contributed by atoms with Gasteiger partial charge in [0.2, 0.25) is 0 Å². The van der Waals surface area contributed by atoms with Gasteiger partial charge in [-0.1, -0.05) is 6.07 Å². The Morgan fingerprint density at radius 2 is 2.16 bits per heavy atom. The van der Waals surface area contributed by atoms with E-state index < -0.39 is 0 Å². The fourth-order valence-corrected chi connectivity index (χ4v) is 1.65. The average molecular weight is 255 g/mol. The van der Waals surface area contributed by atoms with Crippen molar-refractivity contribution in [3.63, 3.8) is 0 Å². The number of aromatic nitrogens is 2. The van der Waals surface area contributed by atoms with E-state index in [0.29, 0.717) is 22.6 Å². The minimum atomic E-state index is -0.186. The highest BCUT2D eigenvalue weighted by Gasteiger charge is 2.13. The molecule has 1 amide bonds. The number of nitriles is 1. The van der Waals surface area contributed by atoms with Crippen molar-refractivity contribution in [2.24, 2.45) is 0 Å². The van der Waals surface area contributed by atoms with E-state index in [1.54, 1.807) is 44.6 Å². The Kier molecular flexibility index (Phi) is 3.21. The molecule has 0 unspecified atom stereocenters. The topological polar surface area (TPSA) is 87.9 Å². The van der Waals surface area contributed by atoms with E-state index in [-0.39, 0.29) is 5.91 Å². The maximum atomic E-state index is 11.8. The standard InChI is InChI=1S/C13H13N5O/c1-17(2)13(19)10-6-7-18(16-10)11-5-3-4-9(8-14)12(11)15/h3-7H,15H2,1-2H3. The van der Waals surface area contributed by atoms with Crippen LogP contribution in [0.5, 0.6) is 0 Å². The van der Waals surface area contributed by atoms with Crippen LogP contribution in [0.15, 0.2) is 30.5 Å². The predicted octanol–water partition coefficient (Wildman–Crippen LogP) is 1.03. The zero-order chi connectivity index (χ0) is 14.0. The van der Waals surface area contributed by atoms with E-state index >= 15 is 0 Å². The number of para-hydroxylation sites is 1. The van der Waals surface area contributed by atoms with Gasteiger partial charge in [0, 0.05) is 20.3 Å². The molecule has 0 radical (unpaired) electrons. The van der Waals surface area contributed by atoms with Crippen molar-refractivity contribution >= 4 is 11.6 Å². The van der Waals surface area contributed by atoms with Crippen LogP contribution in [0.4, 0.5) is 5.69 Å². The lowest BCUT2D eigenvalue weighted by atomic mass is 10.1. The molecule has 6 heteroatoms. The fraction of sp³-hybridized carbons (Fsp3) is 0.154. The molecule has 0 atom stereocenters. The van der Waals surface area contributed by atoms with Crippen LogP contribution in [0.25, 0.3) is 5.69 Å². The average Bonchev–Trinajstić information content (AvgIpc) is 2.87. The van der Waals surface area contributed by atoms with Gasteiger partial charge in [0.05, 0.1) is 16.9 Å². The first-order valence-electron chi connectivity index (χ1n) is 5.61. The highest BCUT2D eigenvalue weighted by atomic mass is 16.2. The molecule has 0 fully saturated rings. The summed E-state index contributed by atoms with van der Waals surface area (Å²) >= 11 is 0. The van der Waals surface area contributed by atoms with Gasteiger partial charge in [0.25, 0.3) is 5.91 Å². The van der Waals surface area contributed by atoms with Crippen molar-refractivity contribution in [2.75, 3.05) is 19.8 Å². The molecule has 0 spiro atoms. The summed E-state index contributed by atoms with van der Waals surface area (Å²) in [6.45, 7) is 0. The third kappa shape index (κ3) is 2.26. The van der Waals surface area contributed by atoms with Crippen LogP contribution < -0.4 is 5.73 Å². The normalized spacial score (nSPS) is 9.95. The molecule has 1 aromatic heterocycles. The van der Waals surface area contributed by atoms with E-state index in [9.17, 15) is 4.79 Å². The van der Waals surface area contributed by atoms with Gasteiger partial charge in [-0.25, -0.2) is 4.68 Å². The molecule has 0 saturated carbocycles. The lowest BCUT2D eigenvalue weighted by molar-refractivity contribution is 0.0821. The minimum absolute atomic E-state index is 0.186. The number of hydrogen-bond donors (Lipinski definition) is 1. The van der Waals surface area contributed by atoms with Gasteiger partial charge in [0.15, 0.2) is 5.69 Å². The van der Waals surface area contributed by atoms with Crippen LogP contribution in [0, 0.1) is 11.3 Å². The molecule has 0 aliphatic carbocycles. The van der Waals surface area contributed by atoms with Crippen molar-refractivity contribution in [1.82, 2.24) is 14.7 Å². The number of nitrogen functional groups attached to an aromatic ring is 1. The number of nitrogens with two attached hydrogens (primary N) is 1. The van der Waals surface area contributed by atoms with Gasteiger partial charge >= 0.3 is 0 Å². The molecule has 0 aliphatic rings. The molecule has 0 saturated heterocycles. The van der Waals surface area contributed by atoms with Crippen LogP contribution in [-0.2, 0) is 0 Å². The molecule has 1 aromatic carbocycles. The molecule has 0 bridgehead atoms. The van der Waals surface area contributed by atoms with Crippen molar-refractivity contribution in [3.05, 3.63) is 41.7 Å². The summed E-state index contributed by atoms with van der Waals surface area (Å²) in [6, 6.07) is 8.72. The summed E-state index contributed by atoms with van der Waals surface area (Å²) in [4.78, 5) is 13.2. The summed E-state index contributed by atoms with van der Waals surface area (Å²) in [5.41, 5.74) is 7.53. The summed E-state index contributed by atoms with van der Waals surface area (Å²) in [7, 11) is 3.32. The van der Waals surface area contributed by atoms with Gasteiger partial charge in [-0.15, -0.1) is 0 Å². The molecule has 1 heterocycles. The molecule has 2 aromatic rings. The second kappa shape index (κ2) is 4.82. The number of benzene rings is 1. The quantitative estimate of drug-likeness (QED) is 0.812. The lowest BCUT2D eigenvalue weighted by Crippen LogP contribution is -2.22. The number of nitrogens with zero attached hydrogens (tertiary/aromatic N) is 4. The van der Waals surface area contributed by atoms with Crippen molar-refractivity contribution in [3.8, 4) is 11.8 Å². The van der Waals surface area contributed by atoms with E-state index in [1.165, 1.54) is 9.58 Å². The Balaban J connectivity index is 2.45. The lowest BCUT2D eigenvalue weighted by Gasteiger charge is -2.08. The summed E-state index contributed by atoms with van der Waals surface area (Å²) in [5, 5.41) is 13.1. The highest BCUT2D eigenvalue weighted by molar-refractivity contribution is 5.91. The van der Waals surface area contributed by atoms with Gasteiger partial charge in [-0.2, -0.15) is 10.4 Å². The smallest absolute Gasteiger partial charge is 0.273 e. The van der Waals surface area contributed by atoms with Gasteiger partial charge in [-0.3, -0.25) is 4.79 Å². The minimum Gasteiger partial charge on any atom is -0.396 e. The molecule has 96 valence electrons. The Labute approximate surface area is 110 Å². The number of carbonyl (C=O) groups excluding carboxylic acids is 1. The molecule has 2 N–H and O–H groups in total. The SMILES string of the molecule is CN(C)C(=O)c1ccn(-c2cccc(C#N)c2N)n1. The van der Waals surface area contributed by atoms with Gasteiger partial charge < -0.3 is 10.6 Å². The number of carbonyl (C=O) groups is 1. The second-order valence-electron chi connectivity index (χ2n) is 4.20. The van der Waals surface area contributed by atoms with Crippen LogP contribution >= 0.6 is 0 Å². The first-order chi connectivity index (χ1) is 9.04. The fourth-order valence-electron chi connectivity index (χ4n) is 1.65. The Morgan fingerprint density at radius 1 is 1.42 bits per heavy atom. The third-order valence-corrected chi connectivity index (χ3v) is 2.66. The van der Waals surface area contributed by atoms with E-state index in [1.807, 2.05) is 6.07 Å². The Morgan fingerprint density at radius 3 is 2.79 bits per heavy atom. The Bertz CT molecular complexity index is 666. The number of rotatable bonds is 2. The highest BCUT2D eigenvalue weighted by Crippen LogP contribution is 2.20. The van der Waals surface area contributed by atoms with Crippen LogP contribution in [0.3, 0.4) is 0 Å². The predicted molar refractivity (Wildman–Crippen MR) is 70.7 cm³/mol. The Hall–Kier alpha value is -2.81. The number of anilines is 1. The molecular formula is C13H13N5O. The van der Waals surface area contributed by atoms with Gasteiger partial charge in [-0.05, 0) is 18.2 Å². The van der Waals surface area contributed by atoms with Crippen LogP contribution in [-0.4, -0.2) is 34.7 Å². The van der Waals surface area contributed by atoms with Crippen LogP contribution in [0.1, 0.15) is 16.1 Å². The molecule has 0 aliphatic heterocycles. The van der Waals surface area contributed by atoms with E-state index in [0.717, 1.165) is 0 Å². The van der Waals surface area contributed by atoms with Crippen molar-refractivity contribution in [2.45, 2.75) is 0 Å². The second-order valence-corrected chi connectivity index (χ2v) is 4.20. The molecular weight excluding hydrogens is 242 g/mol. The van der Waals surface area contributed by atoms with Crippen LogP contribution in [0.2, 0.25) is 0 Å². The summed E-state index contributed by atoms with van der Waals surface area (Å²) in [6.07, 6.45) is 1.64.